The third-order valence-electron chi connectivity index (χ3n) is 3.00. The van der Waals surface area contributed by atoms with E-state index in [4.69, 9.17) is 23.2 Å². The first-order valence-electron chi connectivity index (χ1n) is 5.96. The van der Waals surface area contributed by atoms with Gasteiger partial charge in [0.05, 0.1) is 10.6 Å². The molecule has 7 heteroatoms. The van der Waals surface area contributed by atoms with Crippen LogP contribution in [0.15, 0.2) is 12.1 Å². The van der Waals surface area contributed by atoms with Crippen LogP contribution in [0.1, 0.15) is 30.6 Å². The number of hydrogen-bond donors (Lipinski definition) is 2. The van der Waals surface area contributed by atoms with Gasteiger partial charge in [0.15, 0.2) is 0 Å². The highest BCUT2D eigenvalue weighted by atomic mass is 127. The fourth-order valence-corrected chi connectivity index (χ4v) is 2.67. The predicted molar refractivity (Wildman–Crippen MR) is 87.5 cm³/mol. The van der Waals surface area contributed by atoms with E-state index in [9.17, 15) is 14.7 Å². The van der Waals surface area contributed by atoms with Crippen LogP contribution in [-0.2, 0) is 4.79 Å². The van der Waals surface area contributed by atoms with E-state index < -0.39 is 17.9 Å². The van der Waals surface area contributed by atoms with Gasteiger partial charge in [-0.15, -0.1) is 0 Å². The zero-order chi connectivity index (χ0) is 15.4. The molecule has 0 aliphatic heterocycles. The molecule has 0 heterocycles. The van der Waals surface area contributed by atoms with Crippen molar-refractivity contribution in [3.63, 3.8) is 0 Å². The number of carboxylic acids is 1. The van der Waals surface area contributed by atoms with E-state index in [2.05, 4.69) is 5.32 Å². The van der Waals surface area contributed by atoms with Crippen LogP contribution in [0.4, 0.5) is 0 Å². The molecule has 20 heavy (non-hydrogen) atoms. The van der Waals surface area contributed by atoms with E-state index in [1.807, 2.05) is 29.5 Å². The number of halogens is 3. The summed E-state index contributed by atoms with van der Waals surface area (Å²) in [5.74, 6) is -1.73. The highest BCUT2D eigenvalue weighted by molar-refractivity contribution is 14.1. The van der Waals surface area contributed by atoms with Crippen LogP contribution >= 0.6 is 45.8 Å². The minimum atomic E-state index is -1.06. The van der Waals surface area contributed by atoms with Gasteiger partial charge in [-0.05, 0) is 40.6 Å². The topological polar surface area (TPSA) is 66.4 Å². The second kappa shape index (κ2) is 7.47. The van der Waals surface area contributed by atoms with Crippen LogP contribution < -0.4 is 5.32 Å². The molecule has 0 saturated heterocycles. The molecule has 1 rings (SSSR count). The average Bonchev–Trinajstić information content (AvgIpc) is 2.38. The first kappa shape index (κ1) is 17.5. The lowest BCUT2D eigenvalue weighted by Crippen LogP contribution is -2.45. The van der Waals surface area contributed by atoms with Crippen molar-refractivity contribution < 1.29 is 14.7 Å². The number of rotatable bonds is 5. The molecular formula is C13H14Cl2INO3. The number of benzene rings is 1. The maximum Gasteiger partial charge on any atom is 0.326 e. The van der Waals surface area contributed by atoms with E-state index >= 15 is 0 Å². The van der Waals surface area contributed by atoms with Gasteiger partial charge in [-0.25, -0.2) is 4.79 Å². The Morgan fingerprint density at radius 1 is 1.40 bits per heavy atom. The summed E-state index contributed by atoms with van der Waals surface area (Å²) < 4.78 is 0.541. The van der Waals surface area contributed by atoms with Gasteiger partial charge in [0.25, 0.3) is 5.91 Å². The van der Waals surface area contributed by atoms with Crippen LogP contribution in [0.3, 0.4) is 0 Å². The fourth-order valence-electron chi connectivity index (χ4n) is 1.62. The number of amides is 1. The maximum atomic E-state index is 12.2. The van der Waals surface area contributed by atoms with Crippen LogP contribution in [-0.4, -0.2) is 23.0 Å². The predicted octanol–water partition coefficient (Wildman–Crippen LogP) is 3.83. The summed E-state index contributed by atoms with van der Waals surface area (Å²) in [6.45, 7) is 3.64. The van der Waals surface area contributed by atoms with E-state index in [-0.39, 0.29) is 11.5 Å². The van der Waals surface area contributed by atoms with Crippen LogP contribution in [0.5, 0.6) is 0 Å². The highest BCUT2D eigenvalue weighted by Crippen LogP contribution is 2.27. The molecule has 2 atom stereocenters. The van der Waals surface area contributed by atoms with Gasteiger partial charge in [-0.2, -0.15) is 0 Å². The van der Waals surface area contributed by atoms with Gasteiger partial charge in [0, 0.05) is 8.59 Å². The van der Waals surface area contributed by atoms with Crippen molar-refractivity contribution >= 4 is 57.7 Å². The lowest BCUT2D eigenvalue weighted by Gasteiger charge is -2.20. The number of hydrogen-bond acceptors (Lipinski definition) is 2. The summed E-state index contributed by atoms with van der Waals surface area (Å²) in [5, 5.41) is 12.4. The lowest BCUT2D eigenvalue weighted by atomic mass is 9.99. The molecule has 2 N–H and O–H groups in total. The van der Waals surface area contributed by atoms with Crippen LogP contribution in [0, 0.1) is 9.49 Å². The number of aliphatic carboxylic acids is 1. The van der Waals surface area contributed by atoms with Crippen molar-refractivity contribution in [1.82, 2.24) is 5.32 Å². The molecule has 0 saturated carbocycles. The Kier molecular flexibility index (Phi) is 6.54. The first-order valence-corrected chi connectivity index (χ1v) is 7.79. The quantitative estimate of drug-likeness (QED) is 0.552. The van der Waals surface area contributed by atoms with Gasteiger partial charge in [-0.1, -0.05) is 43.5 Å². The molecule has 0 fully saturated rings. The molecule has 0 aliphatic carbocycles. The Morgan fingerprint density at radius 3 is 2.50 bits per heavy atom. The molecule has 0 aliphatic rings. The third-order valence-corrected chi connectivity index (χ3v) is 5.00. The molecule has 4 nitrogen and oxygen atoms in total. The Labute approximate surface area is 141 Å². The molecule has 1 aromatic rings. The molecule has 1 amide bonds. The van der Waals surface area contributed by atoms with Gasteiger partial charge < -0.3 is 10.4 Å². The van der Waals surface area contributed by atoms with E-state index in [0.717, 1.165) is 0 Å². The smallest absolute Gasteiger partial charge is 0.326 e. The second-order valence-electron chi connectivity index (χ2n) is 4.42. The van der Waals surface area contributed by atoms with Crippen molar-refractivity contribution in [1.29, 1.82) is 0 Å². The Balaban J connectivity index is 3.04. The third kappa shape index (κ3) is 4.23. The van der Waals surface area contributed by atoms with Gasteiger partial charge >= 0.3 is 5.97 Å². The Morgan fingerprint density at radius 2 is 2.00 bits per heavy atom. The largest absolute Gasteiger partial charge is 0.480 e. The zero-order valence-corrected chi connectivity index (χ0v) is 14.6. The molecule has 0 bridgehead atoms. The number of carboxylic acid groups (broad SMARTS) is 1. The maximum absolute atomic E-state index is 12.2. The van der Waals surface area contributed by atoms with Crippen molar-refractivity contribution in [2.75, 3.05) is 0 Å². The first-order chi connectivity index (χ1) is 9.27. The van der Waals surface area contributed by atoms with E-state index in [0.29, 0.717) is 20.0 Å². The monoisotopic (exact) mass is 429 g/mol. The molecule has 1 aromatic carbocycles. The summed E-state index contributed by atoms with van der Waals surface area (Å²) in [7, 11) is 0. The number of carbonyl (C=O) groups is 2. The molecular weight excluding hydrogens is 416 g/mol. The minimum absolute atomic E-state index is 0.177. The van der Waals surface area contributed by atoms with Crippen molar-refractivity contribution in [2.45, 2.75) is 26.3 Å². The van der Waals surface area contributed by atoms with Crippen molar-refractivity contribution in [3.8, 4) is 0 Å². The number of nitrogens with one attached hydrogen (secondary N) is 1. The number of carbonyl (C=O) groups excluding carboxylic acids is 1. The molecule has 0 aromatic heterocycles. The van der Waals surface area contributed by atoms with Gasteiger partial charge in [-0.3, -0.25) is 4.79 Å². The average molecular weight is 430 g/mol. The molecule has 1 unspecified atom stereocenters. The van der Waals surface area contributed by atoms with Gasteiger partial charge in [0.1, 0.15) is 6.04 Å². The molecule has 110 valence electrons. The summed E-state index contributed by atoms with van der Waals surface area (Å²) in [5.41, 5.74) is 0.276. The molecule has 0 radical (unpaired) electrons. The summed E-state index contributed by atoms with van der Waals surface area (Å²) in [6, 6.07) is 2.06. The zero-order valence-electron chi connectivity index (χ0n) is 10.9. The highest BCUT2D eigenvalue weighted by Gasteiger charge is 2.26. The minimum Gasteiger partial charge on any atom is -0.480 e. The van der Waals surface area contributed by atoms with Crippen LogP contribution in [0.2, 0.25) is 10.0 Å². The summed E-state index contributed by atoms with van der Waals surface area (Å²) >= 11 is 13.8. The Bertz CT molecular complexity index is 537. The second-order valence-corrected chi connectivity index (χ2v) is 6.35. The summed E-state index contributed by atoms with van der Waals surface area (Å²) in [4.78, 5) is 23.4. The van der Waals surface area contributed by atoms with Crippen molar-refractivity contribution in [3.05, 3.63) is 31.3 Å². The standard InChI is InChI=1S/C13H14Cl2INO3/c1-3-6(2)11(13(19)20)17-12(18)8-4-7(14)5-9(15)10(8)16/h4-6,11H,3H2,1-2H3,(H,17,18)(H,19,20)/t6?,11-/m0/s1. The summed E-state index contributed by atoms with van der Waals surface area (Å²) in [6.07, 6.45) is 0.643. The normalized spacial score (nSPS) is 13.7. The van der Waals surface area contributed by atoms with E-state index in [1.54, 1.807) is 6.92 Å². The Hall–Kier alpha value is -0.530. The fraction of sp³-hybridized carbons (Fsp3) is 0.385. The van der Waals surface area contributed by atoms with Crippen molar-refractivity contribution in [2.24, 2.45) is 5.92 Å². The van der Waals surface area contributed by atoms with Crippen LogP contribution in [0.25, 0.3) is 0 Å². The lowest BCUT2D eigenvalue weighted by molar-refractivity contribution is -0.140. The van der Waals surface area contributed by atoms with Gasteiger partial charge in [0.2, 0.25) is 0 Å². The SMILES string of the molecule is CCC(C)[C@H](NC(=O)c1cc(Cl)cc(Cl)c1I)C(=O)O. The van der Waals surface area contributed by atoms with E-state index in [1.165, 1.54) is 12.1 Å². The molecule has 0 spiro atoms.